The van der Waals surface area contributed by atoms with Crippen LogP contribution in [0.25, 0.3) is 0 Å². The zero-order valence-electron chi connectivity index (χ0n) is 15.9. The molecule has 3 nitrogen and oxygen atoms in total. The molecule has 0 spiro atoms. The van der Waals surface area contributed by atoms with Crippen LogP contribution in [0.1, 0.15) is 47.7 Å². The van der Waals surface area contributed by atoms with Crippen LogP contribution in [-0.4, -0.2) is 22.4 Å². The number of hydrogen-bond donors (Lipinski definition) is 1. The Bertz CT molecular complexity index is 777. The monoisotopic (exact) mass is 348 g/mol. The maximum absolute atomic E-state index is 9.64. The first kappa shape index (κ1) is 18.4. The van der Waals surface area contributed by atoms with Gasteiger partial charge in [0.25, 0.3) is 0 Å². The summed E-state index contributed by atoms with van der Waals surface area (Å²) in [5, 5.41) is 13.3. The number of rotatable bonds is 4. The van der Waals surface area contributed by atoms with Crippen LogP contribution >= 0.6 is 0 Å². The lowest BCUT2D eigenvalue weighted by Gasteiger charge is -2.46. The predicted molar refractivity (Wildman–Crippen MR) is 108 cm³/mol. The van der Waals surface area contributed by atoms with E-state index in [-0.39, 0.29) is 18.0 Å². The van der Waals surface area contributed by atoms with Crippen molar-refractivity contribution < 1.29 is 5.21 Å². The van der Waals surface area contributed by atoms with Crippen LogP contribution < -0.4 is 0 Å². The number of aryl methyl sites for hydroxylation is 2. The minimum absolute atomic E-state index is 0.143. The van der Waals surface area contributed by atoms with Crippen LogP contribution in [0.2, 0.25) is 0 Å². The molecule has 3 rings (SSSR count). The fourth-order valence-corrected chi connectivity index (χ4v) is 4.03. The molecule has 26 heavy (non-hydrogen) atoms. The second kappa shape index (κ2) is 7.88. The molecule has 3 heteroatoms. The van der Waals surface area contributed by atoms with Crippen LogP contribution in [0.5, 0.6) is 0 Å². The highest BCUT2D eigenvalue weighted by molar-refractivity contribution is 5.88. The Kier molecular flexibility index (Phi) is 5.58. The Labute approximate surface area is 156 Å². The van der Waals surface area contributed by atoms with Crippen molar-refractivity contribution in [2.24, 2.45) is 11.1 Å². The smallest absolute Gasteiger partial charge is 0.0636 e. The third-order valence-electron chi connectivity index (χ3n) is 5.51. The normalized spacial score (nSPS) is 25.3. The first-order valence-corrected chi connectivity index (χ1v) is 9.25. The standard InChI is InChI=1S/C23H28N2O/c1-5-14-25-22(19-10-6-16(2)7-11-19)15-21(24-26)18(4)23(25)20-12-8-17(3)9-13-20/h5-13,18,22-23,26H,1,14-15H2,2-4H3/b24-21+. The van der Waals surface area contributed by atoms with Gasteiger partial charge in [-0.2, -0.15) is 0 Å². The van der Waals surface area contributed by atoms with Gasteiger partial charge in [0.2, 0.25) is 0 Å². The molecule has 0 aromatic heterocycles. The van der Waals surface area contributed by atoms with Crippen LogP contribution in [0.4, 0.5) is 0 Å². The van der Waals surface area contributed by atoms with Crippen LogP contribution in [0.15, 0.2) is 66.3 Å². The topological polar surface area (TPSA) is 35.8 Å². The van der Waals surface area contributed by atoms with Crippen molar-refractivity contribution >= 4 is 5.71 Å². The average Bonchev–Trinajstić information content (AvgIpc) is 2.64. The Balaban J connectivity index is 2.07. The van der Waals surface area contributed by atoms with Gasteiger partial charge in [-0.15, -0.1) is 6.58 Å². The van der Waals surface area contributed by atoms with Gasteiger partial charge in [0.1, 0.15) is 0 Å². The molecule has 0 amide bonds. The first-order chi connectivity index (χ1) is 12.5. The highest BCUT2D eigenvalue weighted by atomic mass is 16.4. The Morgan fingerprint density at radius 3 is 2.08 bits per heavy atom. The highest BCUT2D eigenvalue weighted by Crippen LogP contribution is 2.43. The zero-order valence-corrected chi connectivity index (χ0v) is 15.9. The number of piperidine rings is 1. The molecule has 1 aliphatic rings. The van der Waals surface area contributed by atoms with Crippen LogP contribution in [-0.2, 0) is 0 Å². The summed E-state index contributed by atoms with van der Waals surface area (Å²) in [6.07, 6.45) is 2.70. The van der Waals surface area contributed by atoms with E-state index in [0.717, 1.165) is 18.7 Å². The predicted octanol–water partition coefficient (Wildman–Crippen LogP) is 5.44. The number of oxime groups is 1. The second-order valence-corrected chi connectivity index (χ2v) is 7.35. The van der Waals surface area contributed by atoms with Gasteiger partial charge in [-0.1, -0.05) is 77.8 Å². The largest absolute Gasteiger partial charge is 0.411 e. The van der Waals surface area contributed by atoms with Crippen molar-refractivity contribution in [3.8, 4) is 0 Å². The summed E-state index contributed by atoms with van der Waals surface area (Å²) in [4.78, 5) is 2.49. The molecule has 0 saturated carbocycles. The summed E-state index contributed by atoms with van der Waals surface area (Å²) in [5.74, 6) is 0.143. The SMILES string of the molecule is C=CCN1C(c2ccc(C)cc2)C/C(=N\O)C(C)C1c1ccc(C)cc1. The van der Waals surface area contributed by atoms with Gasteiger partial charge in [-0.3, -0.25) is 4.90 Å². The van der Waals surface area contributed by atoms with Crippen molar-refractivity contribution in [2.75, 3.05) is 6.54 Å². The van der Waals surface area contributed by atoms with Crippen molar-refractivity contribution in [3.05, 3.63) is 83.4 Å². The molecule has 1 N–H and O–H groups in total. The molecular formula is C23H28N2O. The third-order valence-corrected chi connectivity index (χ3v) is 5.51. The maximum Gasteiger partial charge on any atom is 0.0636 e. The van der Waals surface area contributed by atoms with Gasteiger partial charge in [-0.25, -0.2) is 0 Å². The first-order valence-electron chi connectivity index (χ1n) is 9.25. The van der Waals surface area contributed by atoms with E-state index in [1.54, 1.807) is 0 Å². The fourth-order valence-electron chi connectivity index (χ4n) is 4.03. The summed E-state index contributed by atoms with van der Waals surface area (Å²) < 4.78 is 0. The average molecular weight is 348 g/mol. The van der Waals surface area contributed by atoms with Crippen LogP contribution in [0, 0.1) is 19.8 Å². The molecule has 1 heterocycles. The maximum atomic E-state index is 9.64. The minimum atomic E-state index is 0.143. The van der Waals surface area contributed by atoms with Gasteiger partial charge < -0.3 is 5.21 Å². The molecule has 0 aliphatic carbocycles. The molecule has 1 saturated heterocycles. The molecule has 3 atom stereocenters. The molecule has 0 bridgehead atoms. The van der Waals surface area contributed by atoms with Gasteiger partial charge in [0.05, 0.1) is 5.71 Å². The van der Waals surface area contributed by atoms with Crippen LogP contribution in [0.3, 0.4) is 0 Å². The lowest BCUT2D eigenvalue weighted by Crippen LogP contribution is -2.44. The van der Waals surface area contributed by atoms with Crippen molar-refractivity contribution in [1.29, 1.82) is 0 Å². The third kappa shape index (κ3) is 3.58. The lowest BCUT2D eigenvalue weighted by atomic mass is 9.79. The molecule has 1 aliphatic heterocycles. The number of likely N-dealkylation sites (tertiary alicyclic amines) is 1. The van der Waals surface area contributed by atoms with Crippen molar-refractivity contribution in [3.63, 3.8) is 0 Å². The van der Waals surface area contributed by atoms with E-state index in [4.69, 9.17) is 0 Å². The molecule has 2 aromatic carbocycles. The van der Waals surface area contributed by atoms with E-state index in [1.807, 2.05) is 6.08 Å². The summed E-state index contributed by atoms with van der Waals surface area (Å²) in [6, 6.07) is 17.7. The number of hydrogen-bond acceptors (Lipinski definition) is 3. The Hall–Kier alpha value is -2.39. The Morgan fingerprint density at radius 1 is 1.04 bits per heavy atom. The summed E-state index contributed by atoms with van der Waals surface area (Å²) >= 11 is 0. The highest BCUT2D eigenvalue weighted by Gasteiger charge is 2.40. The van der Waals surface area contributed by atoms with Crippen molar-refractivity contribution in [2.45, 2.75) is 39.3 Å². The fraction of sp³-hybridized carbons (Fsp3) is 0.348. The van der Waals surface area contributed by atoms with Gasteiger partial charge in [0, 0.05) is 31.0 Å². The quantitative estimate of drug-likeness (QED) is 0.453. The van der Waals surface area contributed by atoms with Gasteiger partial charge in [0.15, 0.2) is 0 Å². The molecule has 0 radical (unpaired) electrons. The van der Waals surface area contributed by atoms with E-state index in [0.29, 0.717) is 0 Å². The van der Waals surface area contributed by atoms with E-state index in [9.17, 15) is 5.21 Å². The second-order valence-electron chi connectivity index (χ2n) is 7.35. The zero-order chi connectivity index (χ0) is 18.7. The molecule has 1 fully saturated rings. The summed E-state index contributed by atoms with van der Waals surface area (Å²) in [7, 11) is 0. The number of benzene rings is 2. The van der Waals surface area contributed by atoms with Gasteiger partial charge >= 0.3 is 0 Å². The van der Waals surface area contributed by atoms with E-state index in [2.05, 4.69) is 85.9 Å². The lowest BCUT2D eigenvalue weighted by molar-refractivity contribution is 0.109. The summed E-state index contributed by atoms with van der Waals surface area (Å²) in [6.45, 7) is 11.1. The minimum Gasteiger partial charge on any atom is -0.411 e. The molecule has 2 aromatic rings. The van der Waals surface area contributed by atoms with Gasteiger partial charge in [-0.05, 0) is 25.0 Å². The summed E-state index contributed by atoms with van der Waals surface area (Å²) in [5.41, 5.74) is 5.87. The molecule has 3 unspecified atom stereocenters. The van der Waals surface area contributed by atoms with E-state index < -0.39 is 0 Å². The Morgan fingerprint density at radius 2 is 1.58 bits per heavy atom. The molecule has 136 valence electrons. The molecular weight excluding hydrogens is 320 g/mol. The van der Waals surface area contributed by atoms with E-state index >= 15 is 0 Å². The van der Waals surface area contributed by atoms with Crippen molar-refractivity contribution in [1.82, 2.24) is 4.90 Å². The van der Waals surface area contributed by atoms with E-state index in [1.165, 1.54) is 22.3 Å². The number of nitrogens with zero attached hydrogens (tertiary/aromatic N) is 2.